The smallest absolute Gasteiger partial charge is 0.106 e. The van der Waals surface area contributed by atoms with Crippen LogP contribution in [0.25, 0.3) is 0 Å². The second kappa shape index (κ2) is 4.19. The first-order valence-corrected chi connectivity index (χ1v) is 4.07. The summed E-state index contributed by atoms with van der Waals surface area (Å²) in [4.78, 5) is 0. The molecule has 0 spiro atoms. The lowest BCUT2D eigenvalue weighted by Crippen LogP contribution is -1.98. The normalized spacial score (nSPS) is 10.4. The molecule has 0 saturated carbocycles. The van der Waals surface area contributed by atoms with E-state index in [1.54, 1.807) is 6.26 Å². The van der Waals surface area contributed by atoms with Crippen molar-refractivity contribution in [2.24, 2.45) is 5.73 Å². The van der Waals surface area contributed by atoms with Crippen molar-refractivity contribution in [2.45, 2.75) is 26.2 Å². The summed E-state index contributed by atoms with van der Waals surface area (Å²) in [5.41, 5.74) is 6.63. The number of rotatable bonds is 4. The van der Waals surface area contributed by atoms with Crippen LogP contribution >= 0.6 is 0 Å². The van der Waals surface area contributed by atoms with Crippen LogP contribution in [0.4, 0.5) is 0 Å². The van der Waals surface area contributed by atoms with E-state index < -0.39 is 0 Å². The molecule has 0 aliphatic heterocycles. The molecule has 1 rings (SSSR count). The van der Waals surface area contributed by atoms with E-state index in [1.807, 2.05) is 6.07 Å². The molecule has 2 nitrogen and oxygen atoms in total. The standard InChI is InChI=1S/C9H15NO/c1-8-5-7-11-9(8)4-2-3-6-10/h5,7H,2-4,6,10H2,1H3. The average Bonchev–Trinajstić information content (AvgIpc) is 2.37. The third-order valence-electron chi connectivity index (χ3n) is 1.83. The van der Waals surface area contributed by atoms with Crippen molar-refractivity contribution in [1.29, 1.82) is 0 Å². The van der Waals surface area contributed by atoms with Gasteiger partial charge in [-0.05, 0) is 37.9 Å². The fourth-order valence-corrected chi connectivity index (χ4v) is 1.09. The fourth-order valence-electron chi connectivity index (χ4n) is 1.09. The Balaban J connectivity index is 2.32. The quantitative estimate of drug-likeness (QED) is 0.671. The molecular weight excluding hydrogens is 138 g/mol. The summed E-state index contributed by atoms with van der Waals surface area (Å²) in [6, 6.07) is 2.00. The number of nitrogens with two attached hydrogens (primary N) is 1. The Hall–Kier alpha value is -0.760. The van der Waals surface area contributed by atoms with Gasteiger partial charge in [-0.1, -0.05) is 0 Å². The number of hydrogen-bond donors (Lipinski definition) is 1. The summed E-state index contributed by atoms with van der Waals surface area (Å²) in [7, 11) is 0. The van der Waals surface area contributed by atoms with Gasteiger partial charge in [0.2, 0.25) is 0 Å². The monoisotopic (exact) mass is 153 g/mol. The molecule has 0 fully saturated rings. The Morgan fingerprint density at radius 1 is 1.45 bits per heavy atom. The predicted octanol–water partition coefficient (Wildman–Crippen LogP) is 1.87. The van der Waals surface area contributed by atoms with Gasteiger partial charge in [0.25, 0.3) is 0 Å². The van der Waals surface area contributed by atoms with Crippen LogP contribution in [-0.4, -0.2) is 6.54 Å². The number of unbranched alkanes of at least 4 members (excludes halogenated alkanes) is 1. The summed E-state index contributed by atoms with van der Waals surface area (Å²) in [5.74, 6) is 1.11. The Morgan fingerprint density at radius 3 is 2.82 bits per heavy atom. The van der Waals surface area contributed by atoms with Crippen molar-refractivity contribution in [2.75, 3.05) is 6.54 Å². The molecule has 62 valence electrons. The Morgan fingerprint density at radius 2 is 2.27 bits per heavy atom. The average molecular weight is 153 g/mol. The molecule has 0 aliphatic carbocycles. The third kappa shape index (κ3) is 2.39. The van der Waals surface area contributed by atoms with Gasteiger partial charge in [-0.25, -0.2) is 0 Å². The van der Waals surface area contributed by atoms with Crippen LogP contribution in [-0.2, 0) is 6.42 Å². The van der Waals surface area contributed by atoms with E-state index in [9.17, 15) is 0 Å². The van der Waals surface area contributed by atoms with Gasteiger partial charge in [0, 0.05) is 6.42 Å². The molecule has 1 aromatic rings. The SMILES string of the molecule is Cc1ccoc1CCCCN. The summed E-state index contributed by atoms with van der Waals surface area (Å²) in [6.45, 7) is 2.85. The van der Waals surface area contributed by atoms with Crippen LogP contribution in [0.2, 0.25) is 0 Å². The van der Waals surface area contributed by atoms with Crippen molar-refractivity contribution in [1.82, 2.24) is 0 Å². The van der Waals surface area contributed by atoms with Crippen LogP contribution in [0.3, 0.4) is 0 Å². The first-order valence-electron chi connectivity index (χ1n) is 4.07. The van der Waals surface area contributed by atoms with Gasteiger partial charge in [0.15, 0.2) is 0 Å². The summed E-state index contributed by atoms with van der Waals surface area (Å²) < 4.78 is 5.27. The molecule has 0 aliphatic rings. The van der Waals surface area contributed by atoms with Gasteiger partial charge in [-0.15, -0.1) is 0 Å². The molecule has 0 aromatic carbocycles. The molecule has 2 N–H and O–H groups in total. The molecular formula is C9H15NO. The fraction of sp³-hybridized carbons (Fsp3) is 0.556. The topological polar surface area (TPSA) is 39.2 Å². The highest BCUT2D eigenvalue weighted by molar-refractivity contribution is 5.14. The molecule has 0 radical (unpaired) electrons. The lowest BCUT2D eigenvalue weighted by Gasteiger charge is -1.96. The Labute approximate surface area is 67.4 Å². The summed E-state index contributed by atoms with van der Waals surface area (Å²) in [6.07, 6.45) is 4.98. The number of aryl methyl sites for hydroxylation is 2. The molecule has 0 bridgehead atoms. The lowest BCUT2D eigenvalue weighted by atomic mass is 10.1. The predicted molar refractivity (Wildman–Crippen MR) is 45.4 cm³/mol. The summed E-state index contributed by atoms with van der Waals surface area (Å²) >= 11 is 0. The van der Waals surface area contributed by atoms with Crippen LogP contribution in [0, 0.1) is 6.92 Å². The molecule has 0 atom stereocenters. The zero-order valence-electron chi connectivity index (χ0n) is 6.97. The van der Waals surface area contributed by atoms with Gasteiger partial charge in [0.1, 0.15) is 5.76 Å². The van der Waals surface area contributed by atoms with Gasteiger partial charge in [-0.2, -0.15) is 0 Å². The van der Waals surface area contributed by atoms with E-state index >= 15 is 0 Å². The van der Waals surface area contributed by atoms with Crippen LogP contribution in [0.1, 0.15) is 24.2 Å². The molecule has 2 heteroatoms. The minimum atomic E-state index is 0.778. The molecule has 1 heterocycles. The number of furan rings is 1. The van der Waals surface area contributed by atoms with Gasteiger partial charge < -0.3 is 10.2 Å². The van der Waals surface area contributed by atoms with Crippen LogP contribution < -0.4 is 5.73 Å². The zero-order chi connectivity index (χ0) is 8.10. The minimum Gasteiger partial charge on any atom is -0.469 e. The van der Waals surface area contributed by atoms with Crippen LogP contribution in [0.15, 0.2) is 16.7 Å². The van der Waals surface area contributed by atoms with Crippen LogP contribution in [0.5, 0.6) is 0 Å². The molecule has 0 amide bonds. The highest BCUT2D eigenvalue weighted by Crippen LogP contribution is 2.11. The Bertz CT molecular complexity index is 205. The first kappa shape index (κ1) is 8.34. The second-order valence-electron chi connectivity index (χ2n) is 2.77. The van der Waals surface area contributed by atoms with E-state index in [2.05, 4.69) is 6.92 Å². The molecule has 1 aromatic heterocycles. The van der Waals surface area contributed by atoms with Crippen molar-refractivity contribution in [3.05, 3.63) is 23.7 Å². The second-order valence-corrected chi connectivity index (χ2v) is 2.77. The molecule has 0 unspecified atom stereocenters. The Kier molecular flexibility index (Phi) is 3.17. The van der Waals surface area contributed by atoms with Gasteiger partial charge in [-0.3, -0.25) is 0 Å². The van der Waals surface area contributed by atoms with Crippen molar-refractivity contribution in [3.63, 3.8) is 0 Å². The van der Waals surface area contributed by atoms with Crippen molar-refractivity contribution in [3.8, 4) is 0 Å². The molecule has 0 saturated heterocycles. The first-order chi connectivity index (χ1) is 5.34. The summed E-state index contributed by atoms with van der Waals surface area (Å²) in [5, 5.41) is 0. The van der Waals surface area contributed by atoms with E-state index in [1.165, 1.54) is 5.56 Å². The number of hydrogen-bond acceptors (Lipinski definition) is 2. The highest BCUT2D eigenvalue weighted by atomic mass is 16.3. The molecule has 11 heavy (non-hydrogen) atoms. The minimum absolute atomic E-state index is 0.778. The van der Waals surface area contributed by atoms with Crippen molar-refractivity contribution < 1.29 is 4.42 Å². The lowest BCUT2D eigenvalue weighted by molar-refractivity contribution is 0.496. The maximum atomic E-state index is 5.38. The maximum absolute atomic E-state index is 5.38. The largest absolute Gasteiger partial charge is 0.469 e. The van der Waals surface area contributed by atoms with E-state index in [4.69, 9.17) is 10.2 Å². The van der Waals surface area contributed by atoms with E-state index in [0.29, 0.717) is 0 Å². The third-order valence-corrected chi connectivity index (χ3v) is 1.83. The van der Waals surface area contributed by atoms with E-state index in [0.717, 1.165) is 31.6 Å². The van der Waals surface area contributed by atoms with Gasteiger partial charge in [0.05, 0.1) is 6.26 Å². The zero-order valence-corrected chi connectivity index (χ0v) is 6.97. The van der Waals surface area contributed by atoms with Gasteiger partial charge >= 0.3 is 0 Å². The maximum Gasteiger partial charge on any atom is 0.106 e. The van der Waals surface area contributed by atoms with Crippen molar-refractivity contribution >= 4 is 0 Å². The van der Waals surface area contributed by atoms with E-state index in [-0.39, 0.29) is 0 Å². The highest BCUT2D eigenvalue weighted by Gasteiger charge is 1.99.